The van der Waals surface area contributed by atoms with Gasteiger partial charge in [0.2, 0.25) is 0 Å². The van der Waals surface area contributed by atoms with Gasteiger partial charge in [-0.2, -0.15) is 0 Å². The van der Waals surface area contributed by atoms with Crippen LogP contribution < -0.4 is 0 Å². The maximum atomic E-state index is 8.89. The van der Waals surface area contributed by atoms with Gasteiger partial charge in [-0.15, -0.1) is 0 Å². The molecule has 1 aliphatic rings. The molecule has 1 nitrogen and oxygen atoms in total. The van der Waals surface area contributed by atoms with E-state index < -0.39 is 0 Å². The van der Waals surface area contributed by atoms with Gasteiger partial charge in [-0.25, -0.2) is 0 Å². The van der Waals surface area contributed by atoms with Gasteiger partial charge in [-0.05, 0) is 51.9 Å². The molecule has 0 radical (unpaired) electrons. The number of aliphatic hydroxyl groups is 1. The van der Waals surface area contributed by atoms with Gasteiger partial charge in [0.1, 0.15) is 0 Å². The minimum absolute atomic E-state index is 0.178. The lowest BCUT2D eigenvalue weighted by Crippen LogP contribution is -2.08. The quantitative estimate of drug-likeness (QED) is 0.694. The minimum Gasteiger partial charge on any atom is -0.392 e. The lowest BCUT2D eigenvalue weighted by molar-refractivity contribution is 0.331. The molecule has 90 valence electrons. The lowest BCUT2D eigenvalue weighted by Gasteiger charge is -2.23. The molecule has 0 amide bonds. The summed E-state index contributed by atoms with van der Waals surface area (Å²) in [4.78, 5) is 0. The Balaban J connectivity index is 2.33. The van der Waals surface area contributed by atoms with Crippen LogP contribution in [0.3, 0.4) is 0 Å². The third-order valence-electron chi connectivity index (χ3n) is 3.36. The largest absolute Gasteiger partial charge is 0.392 e. The Labute approximate surface area is 99.6 Å². The van der Waals surface area contributed by atoms with Crippen molar-refractivity contribution < 1.29 is 5.11 Å². The number of hydrogen-bond acceptors (Lipinski definition) is 1. The van der Waals surface area contributed by atoms with Crippen LogP contribution in [0.5, 0.6) is 0 Å². The number of allylic oxidation sites excluding steroid dienone is 4. The monoisotopic (exact) mass is 220 g/mol. The highest BCUT2D eigenvalue weighted by Gasteiger charge is 2.15. The highest BCUT2D eigenvalue weighted by atomic mass is 16.3. The summed E-state index contributed by atoms with van der Waals surface area (Å²) in [5.41, 5.74) is 3.96. The molecule has 1 rings (SSSR count). The summed E-state index contributed by atoms with van der Waals surface area (Å²) in [7, 11) is 0. The van der Waals surface area contributed by atoms with Crippen molar-refractivity contribution in [3.63, 3.8) is 0 Å². The first-order valence-electron chi connectivity index (χ1n) is 6.23. The standard InChI is InChI=1S/C15H24O/c1-12-6-5-9-15(10-12)14(3)8-4-7-13(2)11-16/h6-7,15-16H,3-5,8-11H2,1-2H3/b13-7+. The molecule has 1 heteroatoms. The fourth-order valence-electron chi connectivity index (χ4n) is 2.23. The fraction of sp³-hybridized carbons (Fsp3) is 0.600. The Morgan fingerprint density at radius 2 is 2.38 bits per heavy atom. The molecule has 1 unspecified atom stereocenters. The van der Waals surface area contributed by atoms with Crippen LogP contribution in [0.1, 0.15) is 46.0 Å². The van der Waals surface area contributed by atoms with Gasteiger partial charge in [-0.1, -0.05) is 35.5 Å². The molecule has 1 aliphatic carbocycles. The highest BCUT2D eigenvalue weighted by Crippen LogP contribution is 2.30. The van der Waals surface area contributed by atoms with E-state index in [1.54, 1.807) is 0 Å². The summed E-state index contributed by atoms with van der Waals surface area (Å²) < 4.78 is 0. The summed E-state index contributed by atoms with van der Waals surface area (Å²) in [6.45, 7) is 8.58. The molecule has 1 atom stereocenters. The van der Waals surface area contributed by atoms with Gasteiger partial charge < -0.3 is 5.11 Å². The third-order valence-corrected chi connectivity index (χ3v) is 3.36. The van der Waals surface area contributed by atoms with Gasteiger partial charge >= 0.3 is 0 Å². The van der Waals surface area contributed by atoms with Crippen LogP contribution in [0, 0.1) is 5.92 Å². The Hall–Kier alpha value is -0.820. The van der Waals surface area contributed by atoms with Crippen molar-refractivity contribution in [3.8, 4) is 0 Å². The first-order valence-corrected chi connectivity index (χ1v) is 6.23. The van der Waals surface area contributed by atoms with Gasteiger partial charge in [0.05, 0.1) is 6.61 Å². The molecule has 0 heterocycles. The van der Waals surface area contributed by atoms with Crippen molar-refractivity contribution in [1.29, 1.82) is 0 Å². The van der Waals surface area contributed by atoms with Crippen LogP contribution >= 0.6 is 0 Å². The zero-order valence-electron chi connectivity index (χ0n) is 10.6. The van der Waals surface area contributed by atoms with Crippen molar-refractivity contribution in [2.24, 2.45) is 5.92 Å². The van der Waals surface area contributed by atoms with Crippen molar-refractivity contribution >= 4 is 0 Å². The molecule has 0 fully saturated rings. The van der Waals surface area contributed by atoms with Crippen LogP contribution in [-0.2, 0) is 0 Å². The average molecular weight is 220 g/mol. The normalized spacial score (nSPS) is 21.8. The first-order chi connectivity index (χ1) is 7.63. The van der Waals surface area contributed by atoms with Crippen LogP contribution in [0.2, 0.25) is 0 Å². The molecule has 0 aromatic carbocycles. The second-order valence-electron chi connectivity index (χ2n) is 4.93. The maximum Gasteiger partial charge on any atom is 0.0639 e. The molecule has 0 spiro atoms. The summed E-state index contributed by atoms with van der Waals surface area (Å²) in [6.07, 6.45) is 10.2. The number of rotatable bonds is 5. The van der Waals surface area contributed by atoms with Crippen LogP contribution in [0.4, 0.5) is 0 Å². The van der Waals surface area contributed by atoms with E-state index in [9.17, 15) is 0 Å². The Kier molecular flexibility index (Phi) is 5.54. The smallest absolute Gasteiger partial charge is 0.0639 e. The molecule has 0 bridgehead atoms. The van der Waals surface area contributed by atoms with Crippen molar-refractivity contribution in [2.45, 2.75) is 46.0 Å². The summed E-state index contributed by atoms with van der Waals surface area (Å²) in [5.74, 6) is 0.688. The summed E-state index contributed by atoms with van der Waals surface area (Å²) in [5, 5.41) is 8.89. The van der Waals surface area contributed by atoms with Crippen LogP contribution in [0.25, 0.3) is 0 Å². The van der Waals surface area contributed by atoms with E-state index in [1.165, 1.54) is 30.4 Å². The lowest BCUT2D eigenvalue weighted by atomic mass is 9.83. The fourth-order valence-corrected chi connectivity index (χ4v) is 2.23. The van der Waals surface area contributed by atoms with Gasteiger partial charge in [0.25, 0.3) is 0 Å². The summed E-state index contributed by atoms with van der Waals surface area (Å²) >= 11 is 0. The summed E-state index contributed by atoms with van der Waals surface area (Å²) in [6, 6.07) is 0. The van der Waals surface area contributed by atoms with Crippen molar-refractivity contribution in [1.82, 2.24) is 0 Å². The van der Waals surface area contributed by atoms with E-state index in [1.807, 2.05) is 6.92 Å². The zero-order valence-corrected chi connectivity index (χ0v) is 10.6. The SMILES string of the molecule is C=C(CC/C=C(\C)CO)C1CCC=C(C)C1. The third kappa shape index (κ3) is 4.36. The van der Waals surface area contributed by atoms with E-state index in [0.29, 0.717) is 5.92 Å². The van der Waals surface area contributed by atoms with E-state index in [-0.39, 0.29) is 6.61 Å². The van der Waals surface area contributed by atoms with Gasteiger partial charge in [0.15, 0.2) is 0 Å². The number of aliphatic hydroxyl groups excluding tert-OH is 1. The Morgan fingerprint density at radius 1 is 1.62 bits per heavy atom. The van der Waals surface area contributed by atoms with Gasteiger partial charge in [0, 0.05) is 0 Å². The van der Waals surface area contributed by atoms with E-state index in [2.05, 4.69) is 25.7 Å². The molecule has 1 N–H and O–H groups in total. The molecule has 0 aromatic rings. The van der Waals surface area contributed by atoms with Crippen molar-refractivity contribution in [2.75, 3.05) is 6.61 Å². The second-order valence-corrected chi connectivity index (χ2v) is 4.93. The molecular formula is C15H24O. The number of hydrogen-bond donors (Lipinski definition) is 1. The highest BCUT2D eigenvalue weighted by molar-refractivity contribution is 5.13. The molecule has 16 heavy (non-hydrogen) atoms. The molecule has 0 aromatic heterocycles. The first kappa shape index (κ1) is 13.2. The molecule has 0 saturated carbocycles. The Morgan fingerprint density at radius 3 is 3.00 bits per heavy atom. The molecular weight excluding hydrogens is 196 g/mol. The predicted octanol–water partition coefficient (Wildman–Crippen LogP) is 4.01. The van der Waals surface area contributed by atoms with E-state index in [4.69, 9.17) is 5.11 Å². The second kappa shape index (κ2) is 6.70. The zero-order chi connectivity index (χ0) is 12.0. The van der Waals surface area contributed by atoms with Crippen LogP contribution in [-0.4, -0.2) is 11.7 Å². The van der Waals surface area contributed by atoms with Crippen LogP contribution in [0.15, 0.2) is 35.5 Å². The Bertz CT molecular complexity index is 297. The van der Waals surface area contributed by atoms with Crippen molar-refractivity contribution in [3.05, 3.63) is 35.5 Å². The minimum atomic E-state index is 0.178. The van der Waals surface area contributed by atoms with Gasteiger partial charge in [-0.3, -0.25) is 0 Å². The van der Waals surface area contributed by atoms with E-state index in [0.717, 1.165) is 18.4 Å². The topological polar surface area (TPSA) is 20.2 Å². The van der Waals surface area contributed by atoms with E-state index >= 15 is 0 Å². The average Bonchev–Trinajstić information content (AvgIpc) is 2.28. The maximum absolute atomic E-state index is 8.89. The molecule has 0 saturated heterocycles. The molecule has 0 aliphatic heterocycles. The predicted molar refractivity (Wildman–Crippen MR) is 70.3 cm³/mol.